The van der Waals surface area contributed by atoms with Crippen molar-refractivity contribution < 1.29 is 10.2 Å². The second kappa shape index (κ2) is 9.40. The van der Waals surface area contributed by atoms with Crippen molar-refractivity contribution in [3.8, 4) is 11.3 Å². The van der Waals surface area contributed by atoms with Gasteiger partial charge in [0.1, 0.15) is 0 Å². The van der Waals surface area contributed by atoms with Gasteiger partial charge in [-0.05, 0) is 24.8 Å². The molecule has 1 fully saturated rings. The minimum absolute atomic E-state index is 0.223. The zero-order valence-corrected chi connectivity index (χ0v) is 17.9. The number of aliphatic imine (C=N–C) groups is 1. The normalized spacial score (nSPS) is 20.7. The molecule has 0 unspecified atom stereocenters. The highest BCUT2D eigenvalue weighted by Gasteiger charge is 2.26. The van der Waals surface area contributed by atoms with Gasteiger partial charge in [0.15, 0.2) is 0 Å². The van der Waals surface area contributed by atoms with Gasteiger partial charge in [0.25, 0.3) is 0 Å². The number of nitrogens with zero attached hydrogens (tertiary/aromatic N) is 6. The van der Waals surface area contributed by atoms with Gasteiger partial charge in [-0.1, -0.05) is 13.3 Å². The van der Waals surface area contributed by atoms with Crippen molar-refractivity contribution in [3.63, 3.8) is 0 Å². The van der Waals surface area contributed by atoms with E-state index < -0.39 is 6.10 Å². The van der Waals surface area contributed by atoms with Crippen LogP contribution in [0.3, 0.4) is 0 Å². The van der Waals surface area contributed by atoms with Gasteiger partial charge < -0.3 is 15.5 Å². The monoisotopic (exact) mass is 423 g/mol. The van der Waals surface area contributed by atoms with E-state index in [9.17, 15) is 5.11 Å². The van der Waals surface area contributed by atoms with Gasteiger partial charge in [-0.2, -0.15) is 10.2 Å². The molecule has 31 heavy (non-hydrogen) atoms. The van der Waals surface area contributed by atoms with E-state index in [1.54, 1.807) is 30.2 Å². The molecular formula is C22H29N7O2. The first-order valence-corrected chi connectivity index (χ1v) is 10.6. The molecule has 0 radical (unpaired) electrons. The summed E-state index contributed by atoms with van der Waals surface area (Å²) in [5, 5.41) is 30.7. The maximum atomic E-state index is 9.57. The summed E-state index contributed by atoms with van der Waals surface area (Å²) in [7, 11) is 1.69. The molecule has 0 aromatic carbocycles. The summed E-state index contributed by atoms with van der Waals surface area (Å²) in [6.07, 6.45) is 13.8. The summed E-state index contributed by atoms with van der Waals surface area (Å²) in [5.41, 5.74) is 4.08. The van der Waals surface area contributed by atoms with Gasteiger partial charge in [0.05, 0.1) is 54.2 Å². The highest BCUT2D eigenvalue weighted by molar-refractivity contribution is 6.09. The molecule has 9 heteroatoms. The molecule has 3 aromatic heterocycles. The second-order valence-corrected chi connectivity index (χ2v) is 8.05. The number of hydrogen-bond donors (Lipinski definition) is 3. The van der Waals surface area contributed by atoms with E-state index in [0.717, 1.165) is 28.8 Å². The number of aliphatic hydroxyl groups excluding tert-OH is 2. The van der Waals surface area contributed by atoms with Gasteiger partial charge in [0, 0.05) is 43.3 Å². The maximum absolute atomic E-state index is 9.57. The first kappa shape index (κ1) is 21.2. The number of hydrogen-bond acceptors (Lipinski definition) is 7. The fourth-order valence-electron chi connectivity index (χ4n) is 4.13. The Kier molecular flexibility index (Phi) is 6.43. The molecular weight excluding hydrogens is 394 g/mol. The van der Waals surface area contributed by atoms with E-state index in [-0.39, 0.29) is 13.2 Å². The van der Waals surface area contributed by atoms with Crippen LogP contribution in [0.2, 0.25) is 0 Å². The highest BCUT2D eigenvalue weighted by Crippen LogP contribution is 2.36. The Labute approximate surface area is 181 Å². The van der Waals surface area contributed by atoms with Crippen LogP contribution in [0.4, 0.5) is 0 Å². The Morgan fingerprint density at radius 2 is 2.23 bits per heavy atom. The molecule has 3 atom stereocenters. The van der Waals surface area contributed by atoms with Crippen molar-refractivity contribution in [2.45, 2.75) is 38.3 Å². The van der Waals surface area contributed by atoms with E-state index in [0.29, 0.717) is 17.7 Å². The lowest BCUT2D eigenvalue weighted by atomic mass is 10.1. The molecule has 1 aliphatic carbocycles. The summed E-state index contributed by atoms with van der Waals surface area (Å²) in [6.45, 7) is 2.21. The quantitative estimate of drug-likeness (QED) is 0.477. The van der Waals surface area contributed by atoms with Crippen molar-refractivity contribution in [2.24, 2.45) is 10.9 Å². The van der Waals surface area contributed by atoms with Gasteiger partial charge in [-0.3, -0.25) is 9.67 Å². The fraction of sp³-hybridized carbons (Fsp3) is 0.455. The van der Waals surface area contributed by atoms with Crippen LogP contribution in [0.25, 0.3) is 22.3 Å². The fourth-order valence-corrected chi connectivity index (χ4v) is 4.13. The summed E-state index contributed by atoms with van der Waals surface area (Å²) in [6, 6.07) is 2.37. The molecule has 0 aliphatic heterocycles. The van der Waals surface area contributed by atoms with Crippen LogP contribution in [0.15, 0.2) is 42.0 Å². The Balaban J connectivity index is 1.71. The molecule has 4 rings (SSSR count). The van der Waals surface area contributed by atoms with Crippen molar-refractivity contribution in [3.05, 3.63) is 42.7 Å². The average Bonchev–Trinajstić information content (AvgIpc) is 3.52. The first-order valence-electron chi connectivity index (χ1n) is 10.6. The predicted molar refractivity (Wildman–Crippen MR) is 120 cm³/mol. The van der Waals surface area contributed by atoms with E-state index >= 15 is 0 Å². The Bertz CT molecular complexity index is 1080. The third-order valence-electron chi connectivity index (χ3n) is 5.81. The maximum Gasteiger partial charge on any atom is 0.0999 e. The van der Waals surface area contributed by atoms with Crippen LogP contribution in [0, 0.1) is 5.92 Å². The molecule has 0 saturated heterocycles. The average molecular weight is 424 g/mol. The number of nitrogens with one attached hydrogen (secondary N) is 1. The SMILES string of the molecule is CN=CC(=CNC[C@@H](O)CO)c1cn2nccc2c(-c2cnn([C@@H]3CCC[C@@H]3C)c2)n1. The zero-order chi connectivity index (χ0) is 21.8. The lowest BCUT2D eigenvalue weighted by molar-refractivity contribution is 0.0972. The standard InChI is InChI=1S/C22H29N7O2/c1-15-4-3-5-20(15)28-12-17(10-26-28)22-21-6-7-25-29(21)13-19(27-22)16(8-23-2)9-24-11-18(31)14-30/h6-10,12-13,15,18,20,24,30-31H,3-5,11,14H2,1-2H3/t15-,18+,20+/m0/s1. The lowest BCUT2D eigenvalue weighted by Gasteiger charge is -2.15. The molecule has 9 nitrogen and oxygen atoms in total. The lowest BCUT2D eigenvalue weighted by Crippen LogP contribution is -2.26. The van der Waals surface area contributed by atoms with E-state index in [2.05, 4.69) is 38.3 Å². The molecule has 0 spiro atoms. The Morgan fingerprint density at radius 3 is 2.97 bits per heavy atom. The summed E-state index contributed by atoms with van der Waals surface area (Å²) >= 11 is 0. The number of allylic oxidation sites excluding steroid dienone is 1. The minimum Gasteiger partial charge on any atom is -0.394 e. The summed E-state index contributed by atoms with van der Waals surface area (Å²) < 4.78 is 3.88. The predicted octanol–water partition coefficient (Wildman–Crippen LogP) is 1.94. The molecule has 1 aliphatic rings. The van der Waals surface area contributed by atoms with Gasteiger partial charge in [0.2, 0.25) is 0 Å². The molecule has 0 amide bonds. The molecule has 0 bridgehead atoms. The van der Waals surface area contributed by atoms with Crippen LogP contribution < -0.4 is 5.32 Å². The van der Waals surface area contributed by atoms with Crippen LogP contribution in [-0.2, 0) is 0 Å². The van der Waals surface area contributed by atoms with E-state index in [1.165, 1.54) is 12.8 Å². The zero-order valence-electron chi connectivity index (χ0n) is 17.9. The van der Waals surface area contributed by atoms with Crippen molar-refractivity contribution in [1.82, 2.24) is 29.7 Å². The smallest absolute Gasteiger partial charge is 0.0999 e. The van der Waals surface area contributed by atoms with Crippen LogP contribution in [-0.4, -0.2) is 67.1 Å². The van der Waals surface area contributed by atoms with Crippen LogP contribution in [0.5, 0.6) is 0 Å². The van der Waals surface area contributed by atoms with E-state index in [1.807, 2.05) is 18.5 Å². The minimum atomic E-state index is -0.836. The highest BCUT2D eigenvalue weighted by atomic mass is 16.3. The van der Waals surface area contributed by atoms with Crippen LogP contribution in [0.1, 0.15) is 37.9 Å². The topological polar surface area (TPSA) is 113 Å². The van der Waals surface area contributed by atoms with Gasteiger partial charge >= 0.3 is 0 Å². The first-order chi connectivity index (χ1) is 15.1. The number of rotatable bonds is 8. The van der Waals surface area contributed by atoms with Gasteiger partial charge in [-0.25, -0.2) is 9.50 Å². The Morgan fingerprint density at radius 1 is 1.35 bits per heavy atom. The number of fused-ring (bicyclic) bond motifs is 1. The third-order valence-corrected chi connectivity index (χ3v) is 5.81. The van der Waals surface area contributed by atoms with Crippen molar-refractivity contribution in [1.29, 1.82) is 0 Å². The molecule has 1 saturated carbocycles. The molecule has 164 valence electrons. The molecule has 3 aromatic rings. The van der Waals surface area contributed by atoms with Crippen molar-refractivity contribution >= 4 is 17.3 Å². The van der Waals surface area contributed by atoms with Crippen LogP contribution >= 0.6 is 0 Å². The molecule has 3 N–H and O–H groups in total. The van der Waals surface area contributed by atoms with Gasteiger partial charge in [-0.15, -0.1) is 0 Å². The van der Waals surface area contributed by atoms with E-state index in [4.69, 9.17) is 10.1 Å². The third kappa shape index (κ3) is 4.52. The number of aliphatic hydroxyl groups is 2. The molecule has 3 heterocycles. The largest absolute Gasteiger partial charge is 0.394 e. The number of aromatic nitrogens is 5. The van der Waals surface area contributed by atoms with Crippen molar-refractivity contribution in [2.75, 3.05) is 20.2 Å². The summed E-state index contributed by atoms with van der Waals surface area (Å²) in [4.78, 5) is 9.05. The summed E-state index contributed by atoms with van der Waals surface area (Å²) in [5.74, 6) is 0.623. The Hall–Kier alpha value is -3.04. The second-order valence-electron chi connectivity index (χ2n) is 8.05.